The largest absolute Gasteiger partial charge is 0.392 e. The van der Waals surface area contributed by atoms with E-state index in [-0.39, 0.29) is 6.10 Å². The molecule has 0 aromatic heterocycles. The van der Waals surface area contributed by atoms with E-state index in [2.05, 4.69) is 11.0 Å². The number of benzene rings is 1. The van der Waals surface area contributed by atoms with Gasteiger partial charge in [0.05, 0.1) is 11.1 Å². The first-order valence-corrected chi connectivity index (χ1v) is 7.40. The molecule has 1 atom stereocenters. The Bertz CT molecular complexity index is 361. The lowest BCUT2D eigenvalue weighted by Crippen LogP contribution is -2.23. The number of rotatable bonds is 5. The summed E-state index contributed by atoms with van der Waals surface area (Å²) in [4.78, 5) is 3.49. The van der Waals surface area contributed by atoms with Crippen molar-refractivity contribution in [2.45, 2.75) is 23.8 Å². The summed E-state index contributed by atoms with van der Waals surface area (Å²) in [6.45, 7) is 2.96. The van der Waals surface area contributed by atoms with Crippen LogP contribution >= 0.6 is 23.4 Å². The maximum atomic E-state index is 9.41. The molecular weight excluding hydrogens is 254 g/mol. The predicted octanol–water partition coefficient (Wildman–Crippen LogP) is 2.89. The SMILES string of the molecule is O[C@H]1CCN(CCCSc2ccccc2Cl)C1. The molecule has 17 heavy (non-hydrogen) atoms. The second kappa shape index (κ2) is 6.64. The first-order valence-electron chi connectivity index (χ1n) is 6.03. The van der Waals surface area contributed by atoms with Crippen molar-refractivity contribution in [2.75, 3.05) is 25.4 Å². The molecule has 0 saturated carbocycles. The molecule has 1 aromatic carbocycles. The summed E-state index contributed by atoms with van der Waals surface area (Å²) in [5, 5.41) is 10.2. The fourth-order valence-corrected chi connectivity index (χ4v) is 3.22. The maximum absolute atomic E-state index is 9.41. The highest BCUT2D eigenvalue weighted by molar-refractivity contribution is 7.99. The van der Waals surface area contributed by atoms with Gasteiger partial charge in [0, 0.05) is 18.0 Å². The van der Waals surface area contributed by atoms with Crippen molar-refractivity contribution in [1.82, 2.24) is 4.90 Å². The Labute approximate surface area is 112 Å². The quantitative estimate of drug-likeness (QED) is 0.658. The summed E-state index contributed by atoms with van der Waals surface area (Å²) in [5.74, 6) is 1.08. The molecule has 1 fully saturated rings. The Kier molecular flexibility index (Phi) is 5.16. The van der Waals surface area contributed by atoms with E-state index >= 15 is 0 Å². The molecule has 1 N–H and O–H groups in total. The smallest absolute Gasteiger partial charge is 0.0679 e. The highest BCUT2D eigenvalue weighted by Crippen LogP contribution is 2.27. The van der Waals surface area contributed by atoms with Crippen molar-refractivity contribution in [1.29, 1.82) is 0 Å². The van der Waals surface area contributed by atoms with E-state index < -0.39 is 0 Å². The van der Waals surface area contributed by atoms with Gasteiger partial charge in [-0.3, -0.25) is 0 Å². The van der Waals surface area contributed by atoms with Crippen LogP contribution in [0.4, 0.5) is 0 Å². The van der Waals surface area contributed by atoms with Crippen LogP contribution < -0.4 is 0 Å². The molecule has 0 spiro atoms. The first-order chi connectivity index (χ1) is 8.25. The summed E-state index contributed by atoms with van der Waals surface area (Å²) in [7, 11) is 0. The van der Waals surface area contributed by atoms with Crippen LogP contribution in [-0.4, -0.2) is 41.5 Å². The van der Waals surface area contributed by atoms with Crippen LogP contribution in [0.5, 0.6) is 0 Å². The molecular formula is C13H18ClNOS. The van der Waals surface area contributed by atoms with Crippen molar-refractivity contribution >= 4 is 23.4 Å². The molecule has 0 unspecified atom stereocenters. The number of aliphatic hydroxyl groups excluding tert-OH is 1. The predicted molar refractivity (Wildman–Crippen MR) is 73.9 cm³/mol. The Morgan fingerprint density at radius 2 is 2.24 bits per heavy atom. The summed E-state index contributed by atoms with van der Waals surface area (Å²) < 4.78 is 0. The molecule has 1 heterocycles. The molecule has 0 amide bonds. The molecule has 94 valence electrons. The maximum Gasteiger partial charge on any atom is 0.0679 e. The first kappa shape index (κ1) is 13.2. The third-order valence-corrected chi connectivity index (χ3v) is 4.56. The Morgan fingerprint density at radius 1 is 1.41 bits per heavy atom. The Balaban J connectivity index is 1.65. The van der Waals surface area contributed by atoms with Gasteiger partial charge in [0.25, 0.3) is 0 Å². The number of aliphatic hydroxyl groups is 1. The molecule has 1 aliphatic heterocycles. The van der Waals surface area contributed by atoms with Gasteiger partial charge in [0.15, 0.2) is 0 Å². The summed E-state index contributed by atoms with van der Waals surface area (Å²) in [6.07, 6.45) is 1.96. The number of hydrogen-bond acceptors (Lipinski definition) is 3. The van der Waals surface area contributed by atoms with Crippen molar-refractivity contribution < 1.29 is 5.11 Å². The van der Waals surface area contributed by atoms with Gasteiger partial charge in [-0.05, 0) is 37.3 Å². The molecule has 1 aromatic rings. The zero-order valence-corrected chi connectivity index (χ0v) is 11.4. The minimum atomic E-state index is -0.105. The average molecular weight is 272 g/mol. The van der Waals surface area contributed by atoms with Crippen molar-refractivity contribution in [3.05, 3.63) is 29.3 Å². The van der Waals surface area contributed by atoms with Gasteiger partial charge in [-0.25, -0.2) is 0 Å². The highest BCUT2D eigenvalue weighted by Gasteiger charge is 2.18. The lowest BCUT2D eigenvalue weighted by atomic mass is 10.3. The zero-order valence-electron chi connectivity index (χ0n) is 9.81. The fourth-order valence-electron chi connectivity index (χ4n) is 2.05. The summed E-state index contributed by atoms with van der Waals surface area (Å²) in [5.41, 5.74) is 0. The van der Waals surface area contributed by atoms with Gasteiger partial charge < -0.3 is 10.0 Å². The molecule has 0 bridgehead atoms. The third-order valence-electron chi connectivity index (χ3n) is 2.96. The lowest BCUT2D eigenvalue weighted by Gasteiger charge is -2.14. The molecule has 1 aliphatic rings. The summed E-state index contributed by atoms with van der Waals surface area (Å²) >= 11 is 7.90. The van der Waals surface area contributed by atoms with Crippen LogP contribution in [0.3, 0.4) is 0 Å². The Morgan fingerprint density at radius 3 is 2.94 bits per heavy atom. The molecule has 2 nitrogen and oxygen atoms in total. The lowest BCUT2D eigenvalue weighted by molar-refractivity contribution is 0.176. The average Bonchev–Trinajstić information content (AvgIpc) is 2.73. The van der Waals surface area contributed by atoms with Gasteiger partial charge in [-0.2, -0.15) is 0 Å². The number of hydrogen-bond donors (Lipinski definition) is 1. The van der Waals surface area contributed by atoms with Crippen LogP contribution in [0.2, 0.25) is 5.02 Å². The fraction of sp³-hybridized carbons (Fsp3) is 0.538. The van der Waals surface area contributed by atoms with Gasteiger partial charge >= 0.3 is 0 Å². The van der Waals surface area contributed by atoms with Crippen molar-refractivity contribution in [3.8, 4) is 0 Å². The minimum Gasteiger partial charge on any atom is -0.392 e. The number of halogens is 1. The van der Waals surface area contributed by atoms with Gasteiger partial charge in [-0.15, -0.1) is 11.8 Å². The summed E-state index contributed by atoms with van der Waals surface area (Å²) in [6, 6.07) is 7.97. The second-order valence-electron chi connectivity index (χ2n) is 4.38. The van der Waals surface area contributed by atoms with Crippen molar-refractivity contribution in [3.63, 3.8) is 0 Å². The second-order valence-corrected chi connectivity index (χ2v) is 5.92. The van der Waals surface area contributed by atoms with E-state index in [9.17, 15) is 5.11 Å². The van der Waals surface area contributed by atoms with E-state index in [1.54, 1.807) is 0 Å². The molecule has 1 saturated heterocycles. The topological polar surface area (TPSA) is 23.5 Å². The van der Waals surface area contributed by atoms with E-state index in [0.717, 1.165) is 48.1 Å². The molecule has 4 heteroatoms. The zero-order chi connectivity index (χ0) is 12.1. The van der Waals surface area contributed by atoms with Gasteiger partial charge in [0.2, 0.25) is 0 Å². The molecule has 2 rings (SSSR count). The van der Waals surface area contributed by atoms with E-state index in [0.29, 0.717) is 0 Å². The Hall–Kier alpha value is -0.220. The van der Waals surface area contributed by atoms with Crippen LogP contribution in [0.15, 0.2) is 29.2 Å². The van der Waals surface area contributed by atoms with Crippen LogP contribution in [0.1, 0.15) is 12.8 Å². The number of β-amino-alcohol motifs (C(OH)–C–C–N with tert-alkyl or cyclic N) is 1. The van der Waals surface area contributed by atoms with E-state index in [4.69, 9.17) is 11.6 Å². The van der Waals surface area contributed by atoms with Crippen LogP contribution in [0, 0.1) is 0 Å². The van der Waals surface area contributed by atoms with E-state index in [1.807, 2.05) is 30.0 Å². The minimum absolute atomic E-state index is 0.105. The van der Waals surface area contributed by atoms with Gasteiger partial charge in [-0.1, -0.05) is 23.7 Å². The number of thioether (sulfide) groups is 1. The van der Waals surface area contributed by atoms with Gasteiger partial charge in [0.1, 0.15) is 0 Å². The number of nitrogens with zero attached hydrogens (tertiary/aromatic N) is 1. The highest BCUT2D eigenvalue weighted by atomic mass is 35.5. The third kappa shape index (κ3) is 4.18. The monoisotopic (exact) mass is 271 g/mol. The van der Waals surface area contributed by atoms with E-state index in [1.165, 1.54) is 0 Å². The molecule has 0 radical (unpaired) electrons. The number of likely N-dealkylation sites (tertiary alicyclic amines) is 1. The normalized spacial score (nSPS) is 20.9. The van der Waals surface area contributed by atoms with Crippen LogP contribution in [0.25, 0.3) is 0 Å². The van der Waals surface area contributed by atoms with Crippen LogP contribution in [-0.2, 0) is 0 Å². The molecule has 0 aliphatic carbocycles. The standard InChI is InChI=1S/C13H18ClNOS/c14-12-4-1-2-5-13(12)17-9-3-7-15-8-6-11(16)10-15/h1-2,4-5,11,16H,3,6-10H2/t11-/m0/s1. The van der Waals surface area contributed by atoms with Crippen molar-refractivity contribution in [2.24, 2.45) is 0 Å².